The number of hydrogen-bond acceptors (Lipinski definition) is 4. The fraction of sp³-hybridized carbons (Fsp3) is 0.875. The molecule has 0 bridgehead atoms. The zero-order chi connectivity index (χ0) is 16.3. The summed E-state index contributed by atoms with van der Waals surface area (Å²) in [4.78, 5) is 27.3. The molecule has 126 valence electrons. The number of carbonyl (C=O) groups excluding carboxylic acids is 1. The molecular formula is C16H28N2O4. The summed E-state index contributed by atoms with van der Waals surface area (Å²) in [5, 5.41) is 9.18. The zero-order valence-corrected chi connectivity index (χ0v) is 13.9. The molecule has 0 aromatic carbocycles. The Bertz CT molecular complexity index is 411. The van der Waals surface area contributed by atoms with Gasteiger partial charge in [-0.1, -0.05) is 0 Å². The van der Waals surface area contributed by atoms with E-state index < -0.39 is 11.6 Å². The second kappa shape index (κ2) is 6.86. The summed E-state index contributed by atoms with van der Waals surface area (Å²) in [5.74, 6) is -0.923. The summed E-state index contributed by atoms with van der Waals surface area (Å²) < 4.78 is 5.40. The van der Waals surface area contributed by atoms with Crippen LogP contribution in [0.5, 0.6) is 0 Å². The molecule has 2 aliphatic rings. The number of rotatable bonds is 2. The van der Waals surface area contributed by atoms with Crippen LogP contribution in [0.15, 0.2) is 0 Å². The third-order valence-electron chi connectivity index (χ3n) is 4.43. The number of carboxylic acids is 1. The molecule has 6 nitrogen and oxygen atoms in total. The summed E-state index contributed by atoms with van der Waals surface area (Å²) in [6.45, 7) is 8.61. The lowest BCUT2D eigenvalue weighted by Gasteiger charge is -2.41. The molecule has 2 heterocycles. The number of ether oxygens (including phenoxy) is 1. The first kappa shape index (κ1) is 17.1. The van der Waals surface area contributed by atoms with Crippen LogP contribution >= 0.6 is 0 Å². The summed E-state index contributed by atoms with van der Waals surface area (Å²) in [5.41, 5.74) is -0.463. The van der Waals surface area contributed by atoms with E-state index in [9.17, 15) is 14.7 Å². The van der Waals surface area contributed by atoms with Gasteiger partial charge in [-0.15, -0.1) is 0 Å². The van der Waals surface area contributed by atoms with E-state index in [0.717, 1.165) is 32.2 Å². The Hall–Kier alpha value is -1.30. The van der Waals surface area contributed by atoms with Gasteiger partial charge in [-0.25, -0.2) is 4.79 Å². The van der Waals surface area contributed by atoms with Gasteiger partial charge in [0.1, 0.15) is 5.60 Å². The average molecular weight is 312 g/mol. The molecule has 0 spiro atoms. The highest BCUT2D eigenvalue weighted by atomic mass is 16.6. The Balaban J connectivity index is 1.82. The van der Waals surface area contributed by atoms with E-state index in [1.54, 1.807) is 4.90 Å². The first-order chi connectivity index (χ1) is 10.3. The molecule has 22 heavy (non-hydrogen) atoms. The molecule has 0 aromatic rings. The van der Waals surface area contributed by atoms with E-state index in [0.29, 0.717) is 25.7 Å². The quantitative estimate of drug-likeness (QED) is 0.846. The molecule has 6 heteroatoms. The second-order valence-electron chi connectivity index (χ2n) is 7.37. The van der Waals surface area contributed by atoms with Crippen molar-refractivity contribution < 1.29 is 19.4 Å². The Morgan fingerprint density at radius 1 is 1.09 bits per heavy atom. The van der Waals surface area contributed by atoms with Crippen LogP contribution in [-0.2, 0) is 9.53 Å². The van der Waals surface area contributed by atoms with Gasteiger partial charge in [-0.3, -0.25) is 9.69 Å². The van der Waals surface area contributed by atoms with Crippen molar-refractivity contribution in [1.29, 1.82) is 0 Å². The Morgan fingerprint density at radius 3 is 2.27 bits per heavy atom. The molecule has 1 N–H and O–H groups in total. The van der Waals surface area contributed by atoms with Gasteiger partial charge in [0.05, 0.1) is 5.92 Å². The van der Waals surface area contributed by atoms with Crippen LogP contribution in [0.3, 0.4) is 0 Å². The van der Waals surface area contributed by atoms with Crippen molar-refractivity contribution in [2.75, 3.05) is 26.2 Å². The third kappa shape index (κ3) is 4.60. The predicted molar refractivity (Wildman–Crippen MR) is 82.8 cm³/mol. The number of carboxylic acid groups (broad SMARTS) is 1. The van der Waals surface area contributed by atoms with Crippen LogP contribution in [0, 0.1) is 5.92 Å². The third-order valence-corrected chi connectivity index (χ3v) is 4.43. The van der Waals surface area contributed by atoms with Gasteiger partial charge < -0.3 is 14.7 Å². The van der Waals surface area contributed by atoms with Crippen molar-refractivity contribution in [3.63, 3.8) is 0 Å². The minimum absolute atomic E-state index is 0.238. The summed E-state index contributed by atoms with van der Waals surface area (Å²) >= 11 is 0. The minimum atomic E-state index is -0.684. The van der Waals surface area contributed by atoms with Crippen LogP contribution in [-0.4, -0.2) is 64.8 Å². The first-order valence-corrected chi connectivity index (χ1v) is 8.21. The number of amides is 1. The van der Waals surface area contributed by atoms with Gasteiger partial charge in [-0.2, -0.15) is 0 Å². The molecule has 0 saturated carbocycles. The summed E-state index contributed by atoms with van der Waals surface area (Å²) in [6, 6.07) is 0.390. The monoisotopic (exact) mass is 312 g/mol. The van der Waals surface area contributed by atoms with Crippen LogP contribution in [0.1, 0.15) is 46.5 Å². The van der Waals surface area contributed by atoms with Crippen LogP contribution < -0.4 is 0 Å². The van der Waals surface area contributed by atoms with Crippen LogP contribution in [0.25, 0.3) is 0 Å². The average Bonchev–Trinajstić information content (AvgIpc) is 2.46. The van der Waals surface area contributed by atoms with Crippen molar-refractivity contribution in [2.45, 2.75) is 58.1 Å². The first-order valence-electron chi connectivity index (χ1n) is 8.21. The van der Waals surface area contributed by atoms with E-state index in [2.05, 4.69) is 4.90 Å². The highest BCUT2D eigenvalue weighted by molar-refractivity contribution is 5.70. The van der Waals surface area contributed by atoms with Gasteiger partial charge in [0.2, 0.25) is 0 Å². The second-order valence-corrected chi connectivity index (χ2v) is 7.37. The van der Waals surface area contributed by atoms with Crippen molar-refractivity contribution in [3.05, 3.63) is 0 Å². The van der Waals surface area contributed by atoms with Crippen molar-refractivity contribution in [2.24, 2.45) is 5.92 Å². The van der Waals surface area contributed by atoms with E-state index in [4.69, 9.17) is 4.74 Å². The lowest BCUT2D eigenvalue weighted by atomic mass is 9.94. The lowest BCUT2D eigenvalue weighted by Crippen LogP contribution is -2.51. The van der Waals surface area contributed by atoms with Gasteiger partial charge >= 0.3 is 12.1 Å². The number of likely N-dealkylation sites (tertiary alicyclic amines) is 2. The van der Waals surface area contributed by atoms with E-state index in [1.807, 2.05) is 20.8 Å². The standard InChI is InChI=1S/C16H28N2O4/c1-16(2,3)22-15(21)17-9-6-13(7-10-17)18-8-4-5-12(11-18)14(19)20/h12-13H,4-11H2,1-3H3,(H,19,20)/t12-/m1/s1. The topological polar surface area (TPSA) is 70.1 Å². The molecule has 2 fully saturated rings. The number of hydrogen-bond donors (Lipinski definition) is 1. The van der Waals surface area contributed by atoms with Crippen molar-refractivity contribution in [1.82, 2.24) is 9.80 Å². The van der Waals surface area contributed by atoms with E-state index >= 15 is 0 Å². The molecule has 2 rings (SSSR count). The van der Waals surface area contributed by atoms with Gasteiger partial charge in [0.25, 0.3) is 0 Å². The van der Waals surface area contributed by atoms with Crippen molar-refractivity contribution in [3.8, 4) is 0 Å². The molecule has 1 amide bonds. The fourth-order valence-corrected chi connectivity index (χ4v) is 3.28. The summed E-state index contributed by atoms with van der Waals surface area (Å²) in [7, 11) is 0. The van der Waals surface area contributed by atoms with E-state index in [-0.39, 0.29) is 12.0 Å². The van der Waals surface area contributed by atoms with Crippen LogP contribution in [0.2, 0.25) is 0 Å². The molecular weight excluding hydrogens is 284 g/mol. The largest absolute Gasteiger partial charge is 0.481 e. The number of carbonyl (C=O) groups is 2. The smallest absolute Gasteiger partial charge is 0.410 e. The molecule has 2 aliphatic heterocycles. The van der Waals surface area contributed by atoms with E-state index in [1.165, 1.54) is 0 Å². The fourth-order valence-electron chi connectivity index (χ4n) is 3.28. The molecule has 0 aliphatic carbocycles. The summed E-state index contributed by atoms with van der Waals surface area (Å²) in [6.07, 6.45) is 3.27. The molecule has 2 saturated heterocycles. The highest BCUT2D eigenvalue weighted by Crippen LogP contribution is 2.24. The van der Waals surface area contributed by atoms with Crippen molar-refractivity contribution >= 4 is 12.1 Å². The lowest BCUT2D eigenvalue weighted by molar-refractivity contribution is -0.144. The van der Waals surface area contributed by atoms with Gasteiger partial charge in [-0.05, 0) is 53.0 Å². The van der Waals surface area contributed by atoms with Gasteiger partial charge in [0.15, 0.2) is 0 Å². The van der Waals surface area contributed by atoms with Gasteiger partial charge in [0, 0.05) is 25.7 Å². The number of nitrogens with zero attached hydrogens (tertiary/aromatic N) is 2. The SMILES string of the molecule is CC(C)(C)OC(=O)N1CCC(N2CCC[C@@H](C(=O)O)C2)CC1. The predicted octanol–water partition coefficient (Wildman–Crippen LogP) is 2.18. The number of aliphatic carboxylic acids is 1. The maximum atomic E-state index is 12.1. The molecule has 0 unspecified atom stereocenters. The highest BCUT2D eigenvalue weighted by Gasteiger charge is 2.33. The number of piperidine rings is 2. The maximum absolute atomic E-state index is 12.1. The molecule has 1 atom stereocenters. The minimum Gasteiger partial charge on any atom is -0.481 e. The Kier molecular flexibility index (Phi) is 5.32. The normalized spacial score (nSPS) is 25.0. The van der Waals surface area contributed by atoms with Crippen LogP contribution in [0.4, 0.5) is 4.79 Å². The molecule has 0 aromatic heterocycles. The Labute approximate surface area is 132 Å². The zero-order valence-electron chi connectivity index (χ0n) is 13.9. The maximum Gasteiger partial charge on any atom is 0.410 e. The molecule has 0 radical (unpaired) electrons. The Morgan fingerprint density at radius 2 is 1.73 bits per heavy atom.